The number of carbonyl (C=O) groups excluding carboxylic acids is 6. The topological polar surface area (TPSA) is 230 Å². The van der Waals surface area contributed by atoms with E-state index in [2.05, 4.69) is 24.5 Å². The standard InChI is InChI=1S/C49H71N5O12/c1-27-40-30(14-16-35(57)62-9)45(3,4)33(52-40)22-29-24-46(5,25-34(56)50-20-21-55)42(51-29)28(2)41-31(15-17-36(58)63-10)48(7,26-39(61)66-13)49(8,54-41)44-32(23-38(60)65-12)47(6,43(27)53-44)19-18-37(59)64-11/h22,30-32,44,51,55H,14-21,23-26H2,1-13H3,(H,50,56)/b29-22?,40-27?,42-28-/t30-,31-,32+,44?,46-,47-,48+,49+/m1/s1. The zero-order valence-corrected chi connectivity index (χ0v) is 41.2. The molecule has 0 aromatic heterocycles. The number of aliphatic hydroxyl groups excluding tert-OH is 1. The molecule has 5 heterocycles. The number of ether oxygens (including phenoxy) is 5. The summed E-state index contributed by atoms with van der Waals surface area (Å²) in [4.78, 5) is 97.0. The zero-order chi connectivity index (χ0) is 49.2. The van der Waals surface area contributed by atoms with Crippen LogP contribution in [0.1, 0.15) is 120 Å². The molecule has 5 rings (SSSR count). The minimum absolute atomic E-state index is 0.00927. The lowest BCUT2D eigenvalue weighted by Crippen LogP contribution is -2.55. The number of allylic oxidation sites excluding steroid dienone is 6. The summed E-state index contributed by atoms with van der Waals surface area (Å²) >= 11 is 0. The van der Waals surface area contributed by atoms with Crippen LogP contribution in [0.4, 0.5) is 0 Å². The molecule has 0 aromatic carbocycles. The van der Waals surface area contributed by atoms with Crippen molar-refractivity contribution in [3.63, 3.8) is 0 Å². The fraction of sp³-hybridized carbons (Fsp3) is 0.694. The van der Waals surface area contributed by atoms with Crippen molar-refractivity contribution in [1.82, 2.24) is 10.6 Å². The zero-order valence-electron chi connectivity index (χ0n) is 41.2. The summed E-state index contributed by atoms with van der Waals surface area (Å²) in [5.74, 6) is -4.15. The second-order valence-electron chi connectivity index (χ2n) is 20.0. The van der Waals surface area contributed by atoms with E-state index in [4.69, 9.17) is 38.7 Å². The van der Waals surface area contributed by atoms with Crippen molar-refractivity contribution in [1.29, 1.82) is 0 Å². The SMILES string of the molecule is COC(=O)CC[C@@H]1C2=C(C)C3=NC([C@H](CC(=O)OC)[C@@]3(C)CCC(=O)OC)[C@]3(C)N=C(/C(C)=C4\NC(=CC(=N2)C1(C)C)C[C@]4(C)CC(=O)NCCO)[C@@H](CCC(=O)OC)[C@]3(C)CC(=O)OC. The Morgan fingerprint density at radius 2 is 1.35 bits per heavy atom. The number of hydrogen-bond acceptors (Lipinski definition) is 16. The van der Waals surface area contributed by atoms with Gasteiger partial charge in [-0.05, 0) is 63.7 Å². The van der Waals surface area contributed by atoms with Gasteiger partial charge >= 0.3 is 29.8 Å². The van der Waals surface area contributed by atoms with E-state index in [9.17, 15) is 33.9 Å². The van der Waals surface area contributed by atoms with Crippen molar-refractivity contribution in [3.8, 4) is 0 Å². The number of aliphatic imine (C=N–C) groups is 3. The Balaban J connectivity index is 1.97. The molecule has 8 bridgehead atoms. The van der Waals surface area contributed by atoms with Gasteiger partial charge in [-0.3, -0.25) is 43.7 Å². The summed E-state index contributed by atoms with van der Waals surface area (Å²) in [7, 11) is 6.64. The molecular formula is C49H71N5O12. The van der Waals surface area contributed by atoms with Gasteiger partial charge in [-0.25, -0.2) is 0 Å². The van der Waals surface area contributed by atoms with Crippen molar-refractivity contribution in [2.45, 2.75) is 131 Å². The number of nitrogens with one attached hydrogen (secondary N) is 2. The second-order valence-corrected chi connectivity index (χ2v) is 20.0. The average molecular weight is 922 g/mol. The van der Waals surface area contributed by atoms with Crippen LogP contribution in [0.3, 0.4) is 0 Å². The van der Waals surface area contributed by atoms with Crippen molar-refractivity contribution < 1.29 is 57.6 Å². The third-order valence-corrected chi connectivity index (χ3v) is 15.7. The van der Waals surface area contributed by atoms with Crippen LogP contribution in [0.2, 0.25) is 0 Å². The fourth-order valence-corrected chi connectivity index (χ4v) is 11.6. The molecule has 1 saturated heterocycles. The van der Waals surface area contributed by atoms with Gasteiger partial charge in [-0.15, -0.1) is 0 Å². The van der Waals surface area contributed by atoms with Crippen molar-refractivity contribution in [3.05, 3.63) is 34.3 Å². The number of rotatable bonds is 17. The number of amides is 1. The van der Waals surface area contributed by atoms with Gasteiger partial charge in [0.2, 0.25) is 5.91 Å². The van der Waals surface area contributed by atoms with E-state index in [0.29, 0.717) is 46.8 Å². The maximum Gasteiger partial charge on any atom is 0.306 e. The van der Waals surface area contributed by atoms with Crippen LogP contribution in [-0.4, -0.2) is 118 Å². The van der Waals surface area contributed by atoms with Crippen molar-refractivity contribution in [2.24, 2.45) is 54.4 Å². The predicted octanol–water partition coefficient (Wildman–Crippen LogP) is 5.29. The van der Waals surface area contributed by atoms with Crippen LogP contribution in [0, 0.1) is 39.4 Å². The van der Waals surface area contributed by atoms with Gasteiger partial charge in [0.1, 0.15) is 0 Å². The molecule has 0 radical (unpaired) electrons. The highest BCUT2D eigenvalue weighted by atomic mass is 16.5. The number of nitrogens with zero attached hydrogens (tertiary/aromatic N) is 3. The molecule has 5 aliphatic rings. The highest BCUT2D eigenvalue weighted by Gasteiger charge is 2.66. The molecular weight excluding hydrogens is 851 g/mol. The average Bonchev–Trinajstić information content (AvgIpc) is 3.92. The van der Waals surface area contributed by atoms with E-state index in [0.717, 1.165) is 11.4 Å². The molecule has 0 aliphatic carbocycles. The van der Waals surface area contributed by atoms with E-state index in [1.807, 2.05) is 47.6 Å². The highest BCUT2D eigenvalue weighted by Crippen LogP contribution is 2.62. The van der Waals surface area contributed by atoms with Crippen LogP contribution in [-0.2, 0) is 52.5 Å². The molecule has 5 aliphatic heterocycles. The molecule has 364 valence electrons. The first-order chi connectivity index (χ1) is 30.9. The normalized spacial score (nSPS) is 31.8. The smallest absolute Gasteiger partial charge is 0.306 e. The van der Waals surface area contributed by atoms with Crippen LogP contribution in [0.25, 0.3) is 0 Å². The lowest BCUT2D eigenvalue weighted by atomic mass is 9.55. The summed E-state index contributed by atoms with van der Waals surface area (Å²) in [6.45, 7) is 15.8. The predicted molar refractivity (Wildman–Crippen MR) is 246 cm³/mol. The number of hydrogen-bond donors (Lipinski definition) is 3. The van der Waals surface area contributed by atoms with Gasteiger partial charge in [0, 0.05) is 106 Å². The summed E-state index contributed by atoms with van der Waals surface area (Å²) in [5, 5.41) is 16.1. The van der Waals surface area contributed by atoms with Gasteiger partial charge in [-0.2, -0.15) is 0 Å². The van der Waals surface area contributed by atoms with Crippen LogP contribution >= 0.6 is 0 Å². The molecule has 0 saturated carbocycles. The maximum absolute atomic E-state index is 13.9. The number of fused-ring (bicyclic) bond motifs is 6. The summed E-state index contributed by atoms with van der Waals surface area (Å²) in [6, 6.07) is -0.840. The van der Waals surface area contributed by atoms with E-state index < -0.39 is 69.0 Å². The molecule has 17 nitrogen and oxygen atoms in total. The monoisotopic (exact) mass is 922 g/mol. The number of esters is 5. The molecule has 1 amide bonds. The first kappa shape index (κ1) is 51.8. The number of aliphatic hydroxyl groups is 1. The van der Waals surface area contributed by atoms with Crippen molar-refractivity contribution in [2.75, 3.05) is 48.7 Å². The summed E-state index contributed by atoms with van der Waals surface area (Å²) < 4.78 is 26.2. The largest absolute Gasteiger partial charge is 0.469 e. The third kappa shape index (κ3) is 9.50. The minimum Gasteiger partial charge on any atom is -0.469 e. The molecule has 8 atom stereocenters. The number of carbonyl (C=O) groups is 6. The van der Waals surface area contributed by atoms with Gasteiger partial charge in [-0.1, -0.05) is 34.6 Å². The molecule has 1 unspecified atom stereocenters. The third-order valence-electron chi connectivity index (χ3n) is 15.7. The quantitative estimate of drug-likeness (QED) is 0.125. The molecule has 17 heteroatoms. The van der Waals surface area contributed by atoms with Crippen molar-refractivity contribution >= 4 is 52.9 Å². The lowest BCUT2D eigenvalue weighted by molar-refractivity contribution is -0.147. The van der Waals surface area contributed by atoms with Crippen LogP contribution < -0.4 is 10.6 Å². The Morgan fingerprint density at radius 3 is 1.92 bits per heavy atom. The van der Waals surface area contributed by atoms with E-state index in [-0.39, 0.29) is 82.3 Å². The van der Waals surface area contributed by atoms with E-state index in [1.165, 1.54) is 35.5 Å². The Kier molecular flexibility index (Phi) is 15.7. The summed E-state index contributed by atoms with van der Waals surface area (Å²) in [6.07, 6.45) is 3.08. The molecule has 0 aromatic rings. The Hall–Kier alpha value is -5.19. The lowest BCUT2D eigenvalue weighted by Gasteiger charge is -2.48. The number of methoxy groups -OCH3 is 5. The Bertz CT molecular complexity index is 2190. The Morgan fingerprint density at radius 1 is 0.773 bits per heavy atom. The van der Waals surface area contributed by atoms with E-state index in [1.54, 1.807) is 0 Å². The minimum atomic E-state index is -1.31. The first-order valence-corrected chi connectivity index (χ1v) is 22.8. The maximum atomic E-state index is 13.9. The molecule has 1 fully saturated rings. The first-order valence-electron chi connectivity index (χ1n) is 22.8. The highest BCUT2D eigenvalue weighted by molar-refractivity contribution is 6.10. The van der Waals surface area contributed by atoms with Crippen LogP contribution in [0.15, 0.2) is 49.3 Å². The van der Waals surface area contributed by atoms with Gasteiger partial charge in [0.05, 0.1) is 66.6 Å². The fourth-order valence-electron chi connectivity index (χ4n) is 11.6. The second kappa shape index (κ2) is 20.0. The van der Waals surface area contributed by atoms with Gasteiger partial charge in [0.25, 0.3) is 0 Å². The van der Waals surface area contributed by atoms with Crippen LogP contribution in [0.5, 0.6) is 0 Å². The molecule has 66 heavy (non-hydrogen) atoms. The molecule has 0 spiro atoms. The molecule has 3 N–H and O–H groups in total. The van der Waals surface area contributed by atoms with Gasteiger partial charge < -0.3 is 39.4 Å². The van der Waals surface area contributed by atoms with E-state index >= 15 is 0 Å². The Labute approximate surface area is 388 Å². The summed E-state index contributed by atoms with van der Waals surface area (Å²) in [5.41, 5.74) is 0.608. The van der Waals surface area contributed by atoms with Gasteiger partial charge in [0.15, 0.2) is 0 Å².